The van der Waals surface area contributed by atoms with Crippen molar-refractivity contribution in [2.24, 2.45) is 0 Å². The fourth-order valence-corrected chi connectivity index (χ4v) is 7.39. The Morgan fingerprint density at radius 3 is 2.08 bits per heavy atom. The molecular weight excluding hydrogens is 1020 g/mol. The van der Waals surface area contributed by atoms with Crippen molar-refractivity contribution in [2.75, 3.05) is 83.3 Å². The molecule has 2 aromatic heterocycles. The number of sulfonamides is 1. The monoisotopic (exact) mass is 1080 g/mol. The van der Waals surface area contributed by atoms with Gasteiger partial charge in [-0.25, -0.2) is 28.6 Å². The van der Waals surface area contributed by atoms with E-state index < -0.39 is 83.6 Å². The molecular formula is C42H57ClFN8O16PS2. The van der Waals surface area contributed by atoms with E-state index in [9.17, 15) is 51.0 Å². The minimum Gasteiger partial charge on any atom is -0.778 e. The van der Waals surface area contributed by atoms with Gasteiger partial charge in [-0.15, -0.1) is 0 Å². The first kappa shape index (κ1) is 61.2. The van der Waals surface area contributed by atoms with E-state index in [4.69, 9.17) is 40.5 Å². The molecule has 1 atom stereocenters. The number of urea groups is 1. The van der Waals surface area contributed by atoms with Gasteiger partial charge in [0.1, 0.15) is 19.2 Å². The zero-order valence-electron chi connectivity index (χ0n) is 40.1. The lowest BCUT2D eigenvalue weighted by molar-refractivity contribution is -0.193. The van der Waals surface area contributed by atoms with Crippen LogP contribution in [-0.4, -0.2) is 147 Å². The SMILES string of the molecule is CCCCCOC(=O)COc1cc(N2C(=O)C3=C(CCCC3)C2=O)c(F)cc1Cl.COc1cc(OC)nc(NC(=O)NS(=O)(=O)c2ncccc2C(=O)N(C)C)n1.C[S+](C)C.O=C(O)CNCP(=O)([O-])O. The number of hydrogen-bond acceptors (Lipinski definition) is 18. The van der Waals surface area contributed by atoms with Crippen molar-refractivity contribution in [1.29, 1.82) is 0 Å². The van der Waals surface area contributed by atoms with Crippen LogP contribution in [-0.2, 0) is 49.4 Å². The van der Waals surface area contributed by atoms with Crippen molar-refractivity contribution >= 4 is 87.4 Å². The quantitative estimate of drug-likeness (QED) is 0.0402. The number of ether oxygens (including phenoxy) is 4. The van der Waals surface area contributed by atoms with Crippen molar-refractivity contribution in [3.8, 4) is 17.5 Å². The van der Waals surface area contributed by atoms with Gasteiger partial charge in [0, 0.05) is 37.5 Å². The summed E-state index contributed by atoms with van der Waals surface area (Å²) in [5, 5.41) is 11.5. The summed E-state index contributed by atoms with van der Waals surface area (Å²) < 4.78 is 71.6. The van der Waals surface area contributed by atoms with Crippen LogP contribution in [0.3, 0.4) is 0 Å². The molecule has 1 aliphatic heterocycles. The van der Waals surface area contributed by atoms with Gasteiger partial charge in [-0.05, 0) is 61.2 Å². The zero-order chi connectivity index (χ0) is 53.6. The number of aliphatic carboxylic acids is 1. The number of pyridine rings is 1. The smallest absolute Gasteiger partial charge is 0.344 e. The minimum atomic E-state index is -4.46. The topological polar surface area (TPSA) is 335 Å². The Kier molecular flexibility index (Phi) is 25.3. The second-order valence-corrected chi connectivity index (χ2v) is 21.3. The first-order chi connectivity index (χ1) is 33.3. The van der Waals surface area contributed by atoms with Crippen LogP contribution >= 0.6 is 19.2 Å². The summed E-state index contributed by atoms with van der Waals surface area (Å²) in [6.45, 7) is 1.45. The highest BCUT2D eigenvalue weighted by molar-refractivity contribution is 7.94. The minimum absolute atomic E-state index is 0.000883. The lowest BCUT2D eigenvalue weighted by Gasteiger charge is -2.18. The fourth-order valence-electron chi connectivity index (χ4n) is 5.75. The van der Waals surface area contributed by atoms with E-state index in [2.05, 4.69) is 39.0 Å². The third-order valence-corrected chi connectivity index (χ3v) is 11.0. The third-order valence-electron chi connectivity index (χ3n) is 8.79. The molecule has 0 fully saturated rings. The number of benzene rings is 1. The summed E-state index contributed by atoms with van der Waals surface area (Å²) in [5.41, 5.74) is 0.486. The largest absolute Gasteiger partial charge is 0.778 e. The third kappa shape index (κ3) is 20.7. The summed E-state index contributed by atoms with van der Waals surface area (Å²) >= 11 is 6.02. The summed E-state index contributed by atoms with van der Waals surface area (Å²) in [7, 11) is -2.56. The van der Waals surface area contributed by atoms with E-state index in [1.54, 1.807) is 4.72 Å². The molecule has 71 heavy (non-hydrogen) atoms. The van der Waals surface area contributed by atoms with E-state index in [0.717, 1.165) is 43.1 Å². The maximum atomic E-state index is 14.5. The van der Waals surface area contributed by atoms with Crippen LogP contribution in [0.15, 0.2) is 52.7 Å². The molecule has 392 valence electrons. The van der Waals surface area contributed by atoms with Gasteiger partial charge < -0.3 is 43.3 Å². The fraction of sp³-hybridized carbons (Fsp3) is 0.452. The molecule has 3 heterocycles. The van der Waals surface area contributed by atoms with Crippen molar-refractivity contribution < 1.29 is 80.0 Å². The number of amides is 5. The Hall–Kier alpha value is -5.96. The van der Waals surface area contributed by atoms with Crippen LogP contribution in [0.25, 0.3) is 0 Å². The van der Waals surface area contributed by atoms with Gasteiger partial charge in [-0.2, -0.15) is 18.4 Å². The number of carbonyl (C=O) groups excluding carboxylic acids is 5. The zero-order valence-corrected chi connectivity index (χ0v) is 43.4. The van der Waals surface area contributed by atoms with Crippen molar-refractivity contribution in [3.63, 3.8) is 0 Å². The number of methoxy groups -OCH3 is 2. The van der Waals surface area contributed by atoms with Gasteiger partial charge in [0.25, 0.3) is 27.7 Å². The van der Waals surface area contributed by atoms with Crippen LogP contribution in [0, 0.1) is 5.82 Å². The summed E-state index contributed by atoms with van der Waals surface area (Å²) in [4.78, 5) is 103. The summed E-state index contributed by atoms with van der Waals surface area (Å²) in [6, 6.07) is 5.05. The van der Waals surface area contributed by atoms with E-state index >= 15 is 0 Å². The average Bonchev–Trinajstić information content (AvgIpc) is 3.54. The number of rotatable bonds is 18. The summed E-state index contributed by atoms with van der Waals surface area (Å²) in [6.07, 6.45) is 12.5. The summed E-state index contributed by atoms with van der Waals surface area (Å²) in [5.74, 6) is -4.24. The number of hydrogen-bond donors (Lipinski definition) is 5. The number of carboxylic acid groups (broad SMARTS) is 1. The second kappa shape index (κ2) is 29.4. The molecule has 0 saturated carbocycles. The first-order valence-electron chi connectivity index (χ1n) is 21.1. The molecule has 0 radical (unpaired) electrons. The number of aromatic nitrogens is 3. The van der Waals surface area contributed by atoms with Gasteiger partial charge in [0.05, 0.1) is 74.8 Å². The maximum Gasteiger partial charge on any atom is 0.344 e. The Labute approximate surface area is 417 Å². The number of nitrogens with one attached hydrogen (secondary N) is 3. The molecule has 2 aliphatic rings. The van der Waals surface area contributed by atoms with Crippen LogP contribution < -0.4 is 39.4 Å². The highest BCUT2D eigenvalue weighted by Crippen LogP contribution is 2.39. The molecule has 5 amide bonds. The molecule has 3 aromatic rings. The molecule has 24 nitrogen and oxygen atoms in total. The normalized spacial score (nSPS) is 13.7. The standard InChI is InChI=1S/C21H23ClFNO5.C15H18N6O6S.C3H8NO5P.C3H9S/c1-2-3-6-9-28-19(25)12-29-18-11-17(16(23)10-15(18)22)24-20(26)13-7-4-5-8-14(13)21(24)27;1-21(2)13(22)9-6-5-7-16-12(9)28(24,25)20-15(23)19-14-17-10(26-3)8-11(18-14)27-4;5-3(6)1-4-2-10(7,8)9;1-4(2)3/h10-11H,2-9,12H2,1H3;5-8H,1-4H3,(H2,17,18,19,20,23);4H,1-2H2,(H,5,6)(H2,7,8,9);1-3H3/q;;;+1/p-1. The second-order valence-electron chi connectivity index (χ2n) is 15.3. The Bertz CT molecular complexity index is 2520. The lowest BCUT2D eigenvalue weighted by Crippen LogP contribution is -2.36. The van der Waals surface area contributed by atoms with Crippen LogP contribution in [0.4, 0.5) is 20.8 Å². The predicted molar refractivity (Wildman–Crippen MR) is 258 cm³/mol. The molecule has 0 saturated heterocycles. The Morgan fingerprint density at radius 2 is 1.58 bits per heavy atom. The van der Waals surface area contributed by atoms with E-state index in [1.165, 1.54) is 63.7 Å². The Morgan fingerprint density at radius 1 is 1.00 bits per heavy atom. The molecule has 0 bridgehead atoms. The molecule has 5 rings (SSSR count). The lowest BCUT2D eigenvalue weighted by atomic mass is 9.93. The molecule has 0 spiro atoms. The van der Waals surface area contributed by atoms with Gasteiger partial charge in [-0.3, -0.25) is 29.8 Å². The number of esters is 1. The molecule has 1 aromatic carbocycles. The van der Waals surface area contributed by atoms with E-state index in [1.807, 2.05) is 12.2 Å². The van der Waals surface area contributed by atoms with Crippen LogP contribution in [0.1, 0.15) is 62.2 Å². The van der Waals surface area contributed by atoms with Crippen LogP contribution in [0.5, 0.6) is 17.5 Å². The van der Waals surface area contributed by atoms with Crippen LogP contribution in [0.2, 0.25) is 5.02 Å². The number of unbranched alkanes of at least 4 members (excludes halogenated alkanes) is 2. The number of halogens is 2. The van der Waals surface area contributed by atoms with Gasteiger partial charge >= 0.3 is 18.0 Å². The maximum absolute atomic E-state index is 14.5. The van der Waals surface area contributed by atoms with Crippen molar-refractivity contribution in [3.05, 3.63) is 64.1 Å². The molecule has 1 unspecified atom stereocenters. The van der Waals surface area contributed by atoms with Gasteiger partial charge in [0.2, 0.25) is 17.7 Å². The van der Waals surface area contributed by atoms with Crippen molar-refractivity contribution in [1.82, 2.24) is 29.9 Å². The number of anilines is 2. The number of carboxylic acids is 1. The van der Waals surface area contributed by atoms with E-state index in [0.29, 0.717) is 41.5 Å². The van der Waals surface area contributed by atoms with Crippen molar-refractivity contribution in [2.45, 2.75) is 56.9 Å². The number of imide groups is 1. The van der Waals surface area contributed by atoms with E-state index in [-0.39, 0.29) is 39.7 Å². The van der Waals surface area contributed by atoms with Gasteiger partial charge in [0.15, 0.2) is 11.6 Å². The molecule has 1 aliphatic carbocycles. The predicted octanol–water partition coefficient (Wildman–Crippen LogP) is 3.09. The highest BCUT2D eigenvalue weighted by atomic mass is 35.5. The first-order valence-corrected chi connectivity index (χ1v) is 27.1. The highest BCUT2D eigenvalue weighted by Gasteiger charge is 2.41. The number of carbonyl (C=O) groups is 6. The molecule has 5 N–H and O–H groups in total. The number of nitrogens with zero attached hydrogens (tertiary/aromatic N) is 5. The Balaban J connectivity index is 0.000000385. The average molecular weight is 1080 g/mol. The van der Waals surface area contributed by atoms with Gasteiger partial charge in [-0.1, -0.05) is 31.4 Å². The molecule has 29 heteroatoms.